The Morgan fingerprint density at radius 3 is 3.00 bits per heavy atom. The van der Waals surface area contributed by atoms with Gasteiger partial charge in [-0.15, -0.1) is 0 Å². The van der Waals surface area contributed by atoms with Crippen molar-refractivity contribution in [3.63, 3.8) is 0 Å². The summed E-state index contributed by atoms with van der Waals surface area (Å²) >= 11 is 6.03. The maximum atomic E-state index is 14.5. The average Bonchev–Trinajstić information content (AvgIpc) is 3.10. The lowest BCUT2D eigenvalue weighted by molar-refractivity contribution is -0.142. The van der Waals surface area contributed by atoms with E-state index in [4.69, 9.17) is 11.6 Å². The van der Waals surface area contributed by atoms with Crippen LogP contribution in [0.25, 0.3) is 0 Å². The van der Waals surface area contributed by atoms with Crippen LogP contribution in [0, 0.1) is 5.82 Å². The maximum Gasteiger partial charge on any atom is 0.328 e. The fourth-order valence-electron chi connectivity index (χ4n) is 3.04. The zero-order valence-electron chi connectivity index (χ0n) is 14.3. The summed E-state index contributed by atoms with van der Waals surface area (Å²) in [5.74, 6) is -1.06. The number of hydrogen-bond donors (Lipinski definition) is 2. The number of hydrogen-bond acceptors (Lipinski definition) is 4. The van der Waals surface area contributed by atoms with Crippen molar-refractivity contribution in [3.8, 4) is 0 Å². The number of urea groups is 1. The Balaban J connectivity index is 1.97. The van der Waals surface area contributed by atoms with Gasteiger partial charge < -0.3 is 19.9 Å². The highest BCUT2D eigenvalue weighted by atomic mass is 35.5. The molecule has 0 saturated heterocycles. The Labute approximate surface area is 154 Å². The van der Waals surface area contributed by atoms with Crippen molar-refractivity contribution in [2.24, 2.45) is 0 Å². The molecular weight excluding hydrogens is 363 g/mol. The number of imidazole rings is 1. The number of ether oxygens (including phenoxy) is 1. The van der Waals surface area contributed by atoms with Crippen LogP contribution in [0.5, 0.6) is 0 Å². The molecule has 1 aliphatic rings. The smallest absolute Gasteiger partial charge is 0.328 e. The summed E-state index contributed by atoms with van der Waals surface area (Å²) < 4.78 is 19.1. The fourth-order valence-corrected chi connectivity index (χ4v) is 3.22. The van der Waals surface area contributed by atoms with Gasteiger partial charge in [-0.05, 0) is 25.1 Å². The molecule has 0 bridgehead atoms. The summed E-state index contributed by atoms with van der Waals surface area (Å²) in [6.07, 6.45) is 2.05. The Hall–Kier alpha value is -2.61. The summed E-state index contributed by atoms with van der Waals surface area (Å²) in [6, 6.07) is 2.08. The summed E-state index contributed by atoms with van der Waals surface area (Å²) in [7, 11) is 1.24. The highest BCUT2D eigenvalue weighted by Gasteiger charge is 2.36. The lowest BCUT2D eigenvalue weighted by Gasteiger charge is -2.35. The molecule has 1 aliphatic heterocycles. The molecule has 3 rings (SSSR count). The van der Waals surface area contributed by atoms with E-state index in [0.29, 0.717) is 23.7 Å². The number of amides is 2. The van der Waals surface area contributed by atoms with Gasteiger partial charge in [0.1, 0.15) is 17.9 Å². The molecule has 1 aromatic heterocycles. The third-order valence-electron chi connectivity index (χ3n) is 4.33. The molecule has 2 amide bonds. The summed E-state index contributed by atoms with van der Waals surface area (Å²) in [4.78, 5) is 33.1. The van der Waals surface area contributed by atoms with Gasteiger partial charge in [0.15, 0.2) is 0 Å². The van der Waals surface area contributed by atoms with Crippen LogP contribution in [-0.2, 0) is 16.0 Å². The molecule has 0 radical (unpaired) electrons. The van der Waals surface area contributed by atoms with Crippen LogP contribution in [0.1, 0.15) is 29.9 Å². The van der Waals surface area contributed by atoms with Gasteiger partial charge in [-0.25, -0.2) is 19.0 Å². The van der Waals surface area contributed by atoms with Crippen molar-refractivity contribution in [3.05, 3.63) is 52.3 Å². The number of halogens is 2. The third kappa shape index (κ3) is 3.37. The molecule has 0 unspecified atom stereocenters. The molecule has 2 N–H and O–H groups in total. The van der Waals surface area contributed by atoms with Gasteiger partial charge in [-0.2, -0.15) is 0 Å². The van der Waals surface area contributed by atoms with Crippen LogP contribution >= 0.6 is 11.6 Å². The number of esters is 1. The molecule has 0 spiro atoms. The number of carbonyl (C=O) groups excluding carboxylic acids is 2. The second-order valence-electron chi connectivity index (χ2n) is 5.97. The molecule has 1 aromatic carbocycles. The predicted octanol–water partition coefficient (Wildman–Crippen LogP) is 2.42. The number of benzene rings is 1. The van der Waals surface area contributed by atoms with Gasteiger partial charge in [-0.1, -0.05) is 11.6 Å². The minimum atomic E-state index is -0.835. The number of nitrogens with zero attached hydrogens (tertiary/aromatic N) is 2. The van der Waals surface area contributed by atoms with Crippen molar-refractivity contribution in [1.82, 2.24) is 20.2 Å². The van der Waals surface area contributed by atoms with E-state index in [0.717, 1.165) is 5.69 Å². The average molecular weight is 381 g/mol. The van der Waals surface area contributed by atoms with Crippen LogP contribution in [0.15, 0.2) is 24.5 Å². The highest BCUT2D eigenvalue weighted by molar-refractivity contribution is 6.30. The first-order valence-electron chi connectivity index (χ1n) is 8.04. The minimum Gasteiger partial charge on any atom is -0.467 e. The lowest BCUT2D eigenvalue weighted by Crippen LogP contribution is -2.50. The van der Waals surface area contributed by atoms with Crippen LogP contribution in [0.4, 0.5) is 9.18 Å². The highest BCUT2D eigenvalue weighted by Crippen LogP contribution is 2.35. The second-order valence-corrected chi connectivity index (χ2v) is 6.41. The first-order chi connectivity index (χ1) is 12.4. The standard InChI is InChI=1S/C17H18ClFN4O3/c1-9(16(24)26-2)22-17(25)23-6-5-13-14(21-8-20-13)15(23)11-7-10(18)3-4-12(11)19/h3-4,7-9,15H,5-6H2,1-2H3,(H,20,21)(H,22,25)/t9-,15-/m1/s1. The first-order valence-corrected chi connectivity index (χ1v) is 8.42. The Morgan fingerprint density at radius 2 is 2.27 bits per heavy atom. The van der Waals surface area contributed by atoms with Gasteiger partial charge in [0.25, 0.3) is 0 Å². The number of H-pyrrole nitrogens is 1. The SMILES string of the molecule is COC(=O)[C@@H](C)NC(=O)N1CCc2[nH]cnc2[C@H]1c1cc(Cl)ccc1F. The zero-order valence-corrected chi connectivity index (χ0v) is 15.0. The van der Waals surface area contributed by atoms with Crippen LogP contribution in [-0.4, -0.2) is 46.6 Å². The normalized spacial score (nSPS) is 17.4. The van der Waals surface area contributed by atoms with Crippen LogP contribution in [0.2, 0.25) is 5.02 Å². The van der Waals surface area contributed by atoms with Crippen molar-refractivity contribution in [2.75, 3.05) is 13.7 Å². The maximum absolute atomic E-state index is 14.5. The largest absolute Gasteiger partial charge is 0.467 e. The van der Waals surface area contributed by atoms with E-state index in [9.17, 15) is 14.0 Å². The van der Waals surface area contributed by atoms with E-state index in [1.54, 1.807) is 0 Å². The summed E-state index contributed by atoms with van der Waals surface area (Å²) in [6.45, 7) is 1.84. The summed E-state index contributed by atoms with van der Waals surface area (Å²) in [5.41, 5.74) is 1.63. The van der Waals surface area contributed by atoms with Gasteiger partial charge in [0, 0.05) is 29.2 Å². The van der Waals surface area contributed by atoms with E-state index in [-0.39, 0.29) is 5.56 Å². The Kier molecular flexibility index (Phi) is 5.13. The number of aromatic amines is 1. The molecule has 2 atom stereocenters. The number of aromatic nitrogens is 2. The Bertz CT molecular complexity index is 841. The topological polar surface area (TPSA) is 87.3 Å². The molecule has 138 valence electrons. The molecular formula is C17H18ClFN4O3. The number of methoxy groups -OCH3 is 1. The second kappa shape index (κ2) is 7.33. The fraction of sp³-hybridized carbons (Fsp3) is 0.353. The van der Waals surface area contributed by atoms with Gasteiger partial charge in [0.05, 0.1) is 19.1 Å². The van der Waals surface area contributed by atoms with Crippen LogP contribution in [0.3, 0.4) is 0 Å². The molecule has 0 saturated carbocycles. The van der Waals surface area contributed by atoms with E-state index >= 15 is 0 Å². The van der Waals surface area contributed by atoms with E-state index in [1.165, 1.54) is 43.5 Å². The molecule has 2 heterocycles. The van der Waals surface area contributed by atoms with Gasteiger partial charge in [-0.3, -0.25) is 0 Å². The minimum absolute atomic E-state index is 0.242. The van der Waals surface area contributed by atoms with Crippen molar-refractivity contribution >= 4 is 23.6 Å². The molecule has 0 fully saturated rings. The van der Waals surface area contributed by atoms with Crippen molar-refractivity contribution in [1.29, 1.82) is 0 Å². The molecule has 7 nitrogen and oxygen atoms in total. The van der Waals surface area contributed by atoms with E-state index in [2.05, 4.69) is 20.0 Å². The number of rotatable bonds is 3. The monoisotopic (exact) mass is 380 g/mol. The third-order valence-corrected chi connectivity index (χ3v) is 4.57. The predicted molar refractivity (Wildman–Crippen MR) is 92.3 cm³/mol. The van der Waals surface area contributed by atoms with E-state index in [1.807, 2.05) is 0 Å². The molecule has 2 aromatic rings. The molecule has 0 aliphatic carbocycles. The first kappa shape index (κ1) is 18.2. The van der Waals surface area contributed by atoms with Crippen LogP contribution < -0.4 is 5.32 Å². The summed E-state index contributed by atoms with van der Waals surface area (Å²) in [5, 5.41) is 2.93. The molecule has 26 heavy (non-hydrogen) atoms. The molecule has 9 heteroatoms. The quantitative estimate of drug-likeness (QED) is 0.800. The number of nitrogens with one attached hydrogen (secondary N) is 2. The van der Waals surface area contributed by atoms with Gasteiger partial charge >= 0.3 is 12.0 Å². The van der Waals surface area contributed by atoms with E-state index < -0.39 is 29.9 Å². The number of fused-ring (bicyclic) bond motifs is 1. The number of carbonyl (C=O) groups is 2. The Morgan fingerprint density at radius 1 is 1.50 bits per heavy atom. The lowest BCUT2D eigenvalue weighted by atomic mass is 9.95. The zero-order chi connectivity index (χ0) is 18.8. The van der Waals surface area contributed by atoms with Crippen molar-refractivity contribution < 1.29 is 18.7 Å². The van der Waals surface area contributed by atoms with Crippen molar-refractivity contribution in [2.45, 2.75) is 25.4 Å². The van der Waals surface area contributed by atoms with Gasteiger partial charge in [0.2, 0.25) is 0 Å².